The molecule has 0 amide bonds. The summed E-state index contributed by atoms with van der Waals surface area (Å²) in [6, 6.07) is 0. The molecule has 2 N–H and O–H groups in total. The highest BCUT2D eigenvalue weighted by molar-refractivity contribution is 5.85. The van der Waals surface area contributed by atoms with Crippen molar-refractivity contribution in [2.75, 3.05) is 26.4 Å². The molecule has 152 valence electrons. The Hall–Kier alpha value is -3.20. The number of carboxylic acid groups (broad SMARTS) is 2. The fourth-order valence-corrected chi connectivity index (χ4v) is 0.622. The van der Waals surface area contributed by atoms with E-state index >= 15 is 0 Å². The number of ether oxygens (including phenoxy) is 3. The van der Waals surface area contributed by atoms with Gasteiger partial charge in [-0.05, 0) is 13.8 Å². The minimum atomic E-state index is -0.935. The van der Waals surface area contributed by atoms with Crippen molar-refractivity contribution in [1.29, 1.82) is 0 Å². The van der Waals surface area contributed by atoms with Crippen LogP contribution in [0.2, 0.25) is 0 Å². The van der Waals surface area contributed by atoms with E-state index < -0.39 is 23.9 Å². The van der Waals surface area contributed by atoms with Crippen molar-refractivity contribution in [2.24, 2.45) is 0 Å². The molecule has 0 aromatic heterocycles. The Bertz CT molecular complexity index is 475. The summed E-state index contributed by atoms with van der Waals surface area (Å²) in [5.74, 6) is -2.85. The highest BCUT2D eigenvalue weighted by Crippen LogP contribution is 1.84. The largest absolute Gasteiger partial charge is 0.478 e. The molecule has 0 atom stereocenters. The van der Waals surface area contributed by atoms with E-state index in [-0.39, 0.29) is 37.6 Å². The van der Waals surface area contributed by atoms with Crippen molar-refractivity contribution in [2.45, 2.75) is 13.8 Å². The van der Waals surface area contributed by atoms with Gasteiger partial charge in [-0.2, -0.15) is 0 Å². The van der Waals surface area contributed by atoms with Gasteiger partial charge in [-0.1, -0.05) is 26.3 Å². The summed E-state index contributed by atoms with van der Waals surface area (Å²) >= 11 is 0. The van der Waals surface area contributed by atoms with E-state index in [1.165, 1.54) is 13.8 Å². The Balaban J connectivity index is -0.000000394. The molecule has 0 rings (SSSR count). The minimum Gasteiger partial charge on any atom is -0.478 e. The first kappa shape index (κ1) is 28.6. The second kappa shape index (κ2) is 19.1. The molecule has 0 fully saturated rings. The maximum absolute atomic E-state index is 10.6. The lowest BCUT2D eigenvalue weighted by Crippen LogP contribution is -2.12. The number of hydrogen-bond donors (Lipinski definition) is 2. The summed E-state index contributed by atoms with van der Waals surface area (Å²) in [7, 11) is 0. The van der Waals surface area contributed by atoms with Crippen LogP contribution < -0.4 is 0 Å². The van der Waals surface area contributed by atoms with E-state index in [1.54, 1.807) is 0 Å². The Labute approximate surface area is 158 Å². The van der Waals surface area contributed by atoms with E-state index in [2.05, 4.69) is 35.8 Å². The van der Waals surface area contributed by atoms with Crippen molar-refractivity contribution in [3.05, 3.63) is 49.6 Å². The summed E-state index contributed by atoms with van der Waals surface area (Å²) in [6.45, 7) is 16.5. The lowest BCUT2D eigenvalue weighted by molar-refractivity contribution is -0.141. The van der Waals surface area contributed by atoms with Gasteiger partial charge in [-0.15, -0.1) is 0 Å². The zero-order valence-corrected chi connectivity index (χ0v) is 15.6. The smallest absolute Gasteiger partial charge is 0.330 e. The molecule has 0 aromatic carbocycles. The molecule has 0 saturated carbocycles. The second-order valence-corrected chi connectivity index (χ2v) is 4.53. The molecule has 0 aliphatic heterocycles. The average Bonchev–Trinajstić information content (AvgIpc) is 2.61. The van der Waals surface area contributed by atoms with Gasteiger partial charge >= 0.3 is 23.9 Å². The quantitative estimate of drug-likeness (QED) is 0.327. The second-order valence-electron chi connectivity index (χ2n) is 4.53. The standard InChI is InChI=1S/C10H14O5.2C4H6O2/c1-3-9(11)14-7-5-13-6-8-15-10(12)4-2;2*1-3(2)4(5)6/h3-4H,1-2,5-8H2;2*1H2,2H3,(H,5,6). The van der Waals surface area contributed by atoms with E-state index in [0.717, 1.165) is 12.2 Å². The third kappa shape index (κ3) is 27.9. The Morgan fingerprint density at radius 3 is 1.19 bits per heavy atom. The Morgan fingerprint density at radius 2 is 1.00 bits per heavy atom. The van der Waals surface area contributed by atoms with Crippen LogP contribution in [0, 0.1) is 0 Å². The predicted octanol–water partition coefficient (Wildman–Crippen LogP) is 1.76. The number of hydrogen-bond acceptors (Lipinski definition) is 7. The van der Waals surface area contributed by atoms with Crippen LogP contribution in [-0.2, 0) is 33.4 Å². The third-order valence-electron chi connectivity index (χ3n) is 2.01. The van der Waals surface area contributed by atoms with Gasteiger partial charge in [0.2, 0.25) is 0 Å². The first-order valence-electron chi connectivity index (χ1n) is 7.43. The summed E-state index contributed by atoms with van der Waals surface area (Å²) in [6.07, 6.45) is 2.15. The molecule has 0 aliphatic carbocycles. The van der Waals surface area contributed by atoms with Crippen LogP contribution >= 0.6 is 0 Å². The minimum absolute atomic E-state index is 0.153. The normalized spacial score (nSPS) is 8.37. The number of carbonyl (C=O) groups is 4. The molecule has 0 spiro atoms. The zero-order chi connectivity index (χ0) is 21.8. The molecule has 9 heteroatoms. The molecule has 0 bridgehead atoms. The topological polar surface area (TPSA) is 136 Å². The molecule has 0 unspecified atom stereocenters. The SMILES string of the molecule is C=C(C)C(=O)O.C=C(C)C(=O)O.C=CC(=O)OCCOCCOC(=O)C=C. The van der Waals surface area contributed by atoms with E-state index in [9.17, 15) is 19.2 Å². The first-order valence-corrected chi connectivity index (χ1v) is 7.43. The Morgan fingerprint density at radius 1 is 0.741 bits per heavy atom. The number of rotatable bonds is 10. The van der Waals surface area contributed by atoms with Gasteiger partial charge in [0.25, 0.3) is 0 Å². The first-order chi connectivity index (χ1) is 12.5. The van der Waals surface area contributed by atoms with Crippen LogP contribution in [0.5, 0.6) is 0 Å². The molecule has 0 saturated heterocycles. The van der Waals surface area contributed by atoms with Crippen molar-refractivity contribution >= 4 is 23.9 Å². The van der Waals surface area contributed by atoms with Crippen molar-refractivity contribution in [1.82, 2.24) is 0 Å². The number of esters is 2. The molecule has 0 radical (unpaired) electrons. The number of aliphatic carboxylic acids is 2. The Kier molecular flexibility index (Phi) is 20.3. The van der Waals surface area contributed by atoms with E-state index in [1.807, 2.05) is 0 Å². The maximum atomic E-state index is 10.6. The van der Waals surface area contributed by atoms with Crippen molar-refractivity contribution in [3.63, 3.8) is 0 Å². The van der Waals surface area contributed by atoms with Crippen LogP contribution in [0.4, 0.5) is 0 Å². The van der Waals surface area contributed by atoms with Gasteiger partial charge in [-0.3, -0.25) is 0 Å². The summed E-state index contributed by atoms with van der Waals surface area (Å²) in [5.41, 5.74) is 0.352. The fraction of sp³-hybridized carbons (Fsp3) is 0.333. The molecule has 27 heavy (non-hydrogen) atoms. The molecular formula is C18H26O9. The van der Waals surface area contributed by atoms with Crippen LogP contribution in [0.1, 0.15) is 13.8 Å². The fourth-order valence-electron chi connectivity index (χ4n) is 0.622. The van der Waals surface area contributed by atoms with Crippen molar-refractivity contribution in [3.8, 4) is 0 Å². The van der Waals surface area contributed by atoms with Crippen LogP contribution in [0.3, 0.4) is 0 Å². The maximum Gasteiger partial charge on any atom is 0.330 e. The number of carboxylic acids is 2. The molecular weight excluding hydrogens is 360 g/mol. The van der Waals surface area contributed by atoms with Gasteiger partial charge < -0.3 is 24.4 Å². The molecule has 9 nitrogen and oxygen atoms in total. The summed E-state index contributed by atoms with van der Waals surface area (Å²) in [4.78, 5) is 40.3. The highest BCUT2D eigenvalue weighted by atomic mass is 16.6. The van der Waals surface area contributed by atoms with Crippen LogP contribution in [0.25, 0.3) is 0 Å². The van der Waals surface area contributed by atoms with Gasteiger partial charge in [0.05, 0.1) is 13.2 Å². The summed E-state index contributed by atoms with van der Waals surface area (Å²) in [5, 5.41) is 15.8. The van der Waals surface area contributed by atoms with Gasteiger partial charge in [-0.25, -0.2) is 19.2 Å². The van der Waals surface area contributed by atoms with E-state index in [4.69, 9.17) is 14.9 Å². The van der Waals surface area contributed by atoms with Gasteiger partial charge in [0, 0.05) is 23.3 Å². The zero-order valence-electron chi connectivity index (χ0n) is 15.6. The van der Waals surface area contributed by atoms with Gasteiger partial charge in [0.1, 0.15) is 13.2 Å². The monoisotopic (exact) mass is 386 g/mol. The van der Waals surface area contributed by atoms with Crippen LogP contribution in [0.15, 0.2) is 49.6 Å². The van der Waals surface area contributed by atoms with E-state index in [0.29, 0.717) is 0 Å². The lowest BCUT2D eigenvalue weighted by Gasteiger charge is -2.04. The number of carbonyl (C=O) groups excluding carboxylic acids is 2. The molecule has 0 aliphatic rings. The third-order valence-corrected chi connectivity index (χ3v) is 2.01. The highest BCUT2D eigenvalue weighted by Gasteiger charge is 1.97. The van der Waals surface area contributed by atoms with Crippen LogP contribution in [-0.4, -0.2) is 60.5 Å². The predicted molar refractivity (Wildman–Crippen MR) is 98.0 cm³/mol. The van der Waals surface area contributed by atoms with Gasteiger partial charge in [0.15, 0.2) is 0 Å². The summed E-state index contributed by atoms with van der Waals surface area (Å²) < 4.78 is 14.3. The molecule has 0 aromatic rings. The average molecular weight is 386 g/mol. The lowest BCUT2D eigenvalue weighted by atomic mass is 10.4. The van der Waals surface area contributed by atoms with Crippen molar-refractivity contribution < 1.29 is 43.6 Å². The molecule has 0 heterocycles.